The highest BCUT2D eigenvalue weighted by Crippen LogP contribution is 2.32. The van der Waals surface area contributed by atoms with Gasteiger partial charge < -0.3 is 5.32 Å². The van der Waals surface area contributed by atoms with Gasteiger partial charge in [0, 0.05) is 26.2 Å². The molecule has 0 atom stereocenters. The molecule has 0 amide bonds. The highest BCUT2D eigenvalue weighted by molar-refractivity contribution is 7.90. The maximum atomic E-state index is 13.5. The first-order chi connectivity index (χ1) is 9.70. The number of anilines is 1. The van der Waals surface area contributed by atoms with Crippen LogP contribution in [-0.4, -0.2) is 38.9 Å². The van der Waals surface area contributed by atoms with E-state index in [9.17, 15) is 26.0 Å². The van der Waals surface area contributed by atoms with Crippen molar-refractivity contribution in [2.24, 2.45) is 0 Å². The molecule has 1 heterocycles. The van der Waals surface area contributed by atoms with Gasteiger partial charge in [-0.15, -0.1) is 0 Å². The summed E-state index contributed by atoms with van der Waals surface area (Å²) < 4.78 is 78.2. The molecule has 0 spiro atoms. The lowest BCUT2D eigenvalue weighted by atomic mass is 10.2. The number of nitrogens with one attached hydrogen (secondary N) is 2. The van der Waals surface area contributed by atoms with Crippen LogP contribution in [0.4, 0.5) is 23.2 Å². The molecule has 1 aliphatic rings. The topological polar surface area (TPSA) is 61.4 Å². The number of alkyl halides is 3. The highest BCUT2D eigenvalue weighted by atomic mass is 32.2. The van der Waals surface area contributed by atoms with Crippen LogP contribution >= 0.6 is 0 Å². The summed E-state index contributed by atoms with van der Waals surface area (Å²) in [7, 11) is -4.09. The van der Waals surface area contributed by atoms with Gasteiger partial charge in [0.15, 0.2) is 0 Å². The molecule has 10 heteroatoms. The summed E-state index contributed by atoms with van der Waals surface area (Å²) >= 11 is 0. The second kappa shape index (κ2) is 5.78. The molecule has 118 valence electrons. The molecule has 1 aromatic rings. The molecular formula is C11H13F4N3O2S. The van der Waals surface area contributed by atoms with Crippen molar-refractivity contribution in [2.75, 3.05) is 30.9 Å². The van der Waals surface area contributed by atoms with E-state index in [1.165, 1.54) is 0 Å². The van der Waals surface area contributed by atoms with E-state index in [2.05, 4.69) is 5.32 Å². The standard InChI is InChI=1S/C11H13F4N3O2S/c12-9-2-1-8(11(13,14)15)7-10(9)17-21(19,20)18-5-3-16-4-6-18/h1-2,7,16-17H,3-6H2. The zero-order valence-corrected chi connectivity index (χ0v) is 11.6. The lowest BCUT2D eigenvalue weighted by molar-refractivity contribution is -0.137. The Labute approximate surface area is 119 Å². The lowest BCUT2D eigenvalue weighted by Gasteiger charge is -2.27. The van der Waals surface area contributed by atoms with Gasteiger partial charge in [0.05, 0.1) is 11.3 Å². The molecule has 2 N–H and O–H groups in total. The molecule has 5 nitrogen and oxygen atoms in total. The van der Waals surface area contributed by atoms with Gasteiger partial charge in [-0.25, -0.2) is 4.39 Å². The minimum Gasteiger partial charge on any atom is -0.314 e. The number of nitrogens with zero attached hydrogens (tertiary/aromatic N) is 1. The van der Waals surface area contributed by atoms with Gasteiger partial charge >= 0.3 is 16.4 Å². The van der Waals surface area contributed by atoms with Gasteiger partial charge in [-0.3, -0.25) is 4.72 Å². The monoisotopic (exact) mass is 327 g/mol. The smallest absolute Gasteiger partial charge is 0.314 e. The Kier molecular flexibility index (Phi) is 4.40. The maximum Gasteiger partial charge on any atom is 0.416 e. The molecule has 21 heavy (non-hydrogen) atoms. The van der Waals surface area contributed by atoms with E-state index in [1.54, 1.807) is 0 Å². The van der Waals surface area contributed by atoms with Gasteiger partial charge in [0.25, 0.3) is 0 Å². The van der Waals surface area contributed by atoms with Crippen molar-refractivity contribution in [3.8, 4) is 0 Å². The van der Waals surface area contributed by atoms with E-state index >= 15 is 0 Å². The summed E-state index contributed by atoms with van der Waals surface area (Å²) in [5, 5.41) is 2.93. The Morgan fingerprint density at radius 1 is 1.19 bits per heavy atom. The fourth-order valence-electron chi connectivity index (χ4n) is 1.87. The van der Waals surface area contributed by atoms with Crippen LogP contribution in [0.3, 0.4) is 0 Å². The van der Waals surface area contributed by atoms with Crippen molar-refractivity contribution in [2.45, 2.75) is 6.18 Å². The summed E-state index contributed by atoms with van der Waals surface area (Å²) in [6.45, 7) is 1.17. The van der Waals surface area contributed by atoms with Gasteiger partial charge in [-0.1, -0.05) is 0 Å². The molecule has 0 bridgehead atoms. The molecule has 0 saturated carbocycles. The van der Waals surface area contributed by atoms with E-state index < -0.39 is 33.5 Å². The van der Waals surface area contributed by atoms with E-state index in [-0.39, 0.29) is 13.1 Å². The molecule has 0 aliphatic carbocycles. The predicted molar refractivity (Wildman–Crippen MR) is 68.4 cm³/mol. The van der Waals surface area contributed by atoms with Gasteiger partial charge in [-0.05, 0) is 18.2 Å². The molecule has 0 unspecified atom stereocenters. The van der Waals surface area contributed by atoms with Crippen LogP contribution < -0.4 is 10.0 Å². The third-order valence-electron chi connectivity index (χ3n) is 2.95. The van der Waals surface area contributed by atoms with Crippen LogP contribution in [0.2, 0.25) is 0 Å². The highest BCUT2D eigenvalue weighted by Gasteiger charge is 2.32. The average molecular weight is 327 g/mol. The Morgan fingerprint density at radius 3 is 2.38 bits per heavy atom. The van der Waals surface area contributed by atoms with E-state index in [4.69, 9.17) is 0 Å². The van der Waals surface area contributed by atoms with Crippen LogP contribution in [0.1, 0.15) is 5.56 Å². The Morgan fingerprint density at radius 2 is 1.81 bits per heavy atom. The second-order valence-corrected chi connectivity index (χ2v) is 6.12. The number of halogens is 4. The van der Waals surface area contributed by atoms with Crippen LogP contribution in [0.25, 0.3) is 0 Å². The number of hydrogen-bond acceptors (Lipinski definition) is 3. The molecule has 2 rings (SSSR count). The summed E-state index contributed by atoms with van der Waals surface area (Å²) in [5.41, 5.74) is -1.84. The number of piperazine rings is 1. The zero-order chi connectivity index (χ0) is 15.7. The largest absolute Gasteiger partial charge is 0.416 e. The van der Waals surface area contributed by atoms with Crippen molar-refractivity contribution < 1.29 is 26.0 Å². The Bertz CT molecular complexity index is 612. The van der Waals surface area contributed by atoms with Gasteiger partial charge in [0.2, 0.25) is 0 Å². The van der Waals surface area contributed by atoms with Gasteiger partial charge in [-0.2, -0.15) is 25.9 Å². The Hall–Kier alpha value is -1.39. The number of benzene rings is 1. The van der Waals surface area contributed by atoms with E-state index in [0.29, 0.717) is 31.3 Å². The van der Waals surface area contributed by atoms with Crippen molar-refractivity contribution in [3.63, 3.8) is 0 Å². The lowest BCUT2D eigenvalue weighted by Crippen LogP contribution is -2.48. The quantitative estimate of drug-likeness (QED) is 0.825. The summed E-state index contributed by atoms with van der Waals surface area (Å²) in [6.07, 6.45) is -4.68. The maximum absolute atomic E-state index is 13.5. The third kappa shape index (κ3) is 3.83. The molecular weight excluding hydrogens is 314 g/mol. The van der Waals surface area contributed by atoms with Crippen LogP contribution in [0, 0.1) is 5.82 Å². The van der Waals surface area contributed by atoms with E-state index in [0.717, 1.165) is 4.31 Å². The van der Waals surface area contributed by atoms with Crippen molar-refractivity contribution in [1.29, 1.82) is 0 Å². The number of rotatable bonds is 3. The van der Waals surface area contributed by atoms with Crippen molar-refractivity contribution in [3.05, 3.63) is 29.6 Å². The van der Waals surface area contributed by atoms with Crippen molar-refractivity contribution in [1.82, 2.24) is 9.62 Å². The predicted octanol–water partition coefficient (Wildman–Crippen LogP) is 1.41. The third-order valence-corrected chi connectivity index (χ3v) is 4.47. The molecule has 1 aliphatic heterocycles. The normalized spacial score (nSPS) is 17.7. The molecule has 0 radical (unpaired) electrons. The molecule has 1 saturated heterocycles. The fraction of sp³-hybridized carbons (Fsp3) is 0.455. The second-order valence-electron chi connectivity index (χ2n) is 4.45. The summed E-state index contributed by atoms with van der Waals surface area (Å²) in [4.78, 5) is 0. The first-order valence-corrected chi connectivity index (χ1v) is 7.49. The van der Waals surface area contributed by atoms with E-state index in [1.807, 2.05) is 4.72 Å². The fourth-order valence-corrected chi connectivity index (χ4v) is 3.09. The minimum absolute atomic E-state index is 0.163. The zero-order valence-electron chi connectivity index (χ0n) is 10.7. The summed E-state index contributed by atoms with van der Waals surface area (Å²) in [5.74, 6) is -1.07. The average Bonchev–Trinajstić information content (AvgIpc) is 2.41. The molecule has 0 aromatic heterocycles. The SMILES string of the molecule is O=S(=O)(Nc1cc(C(F)(F)F)ccc1F)N1CCNCC1. The van der Waals surface area contributed by atoms with Crippen molar-refractivity contribution >= 4 is 15.9 Å². The van der Waals surface area contributed by atoms with Gasteiger partial charge in [0.1, 0.15) is 5.82 Å². The first-order valence-electron chi connectivity index (χ1n) is 6.05. The number of hydrogen-bond donors (Lipinski definition) is 2. The summed E-state index contributed by atoms with van der Waals surface area (Å²) in [6, 6.07) is 1.57. The van der Waals surface area contributed by atoms with Crippen LogP contribution in [0.5, 0.6) is 0 Å². The van der Waals surface area contributed by atoms with Crippen LogP contribution in [0.15, 0.2) is 18.2 Å². The molecule has 1 aromatic carbocycles. The minimum atomic E-state index is -4.68. The first kappa shape index (κ1) is 16.0. The Balaban J connectivity index is 2.26. The van der Waals surface area contributed by atoms with Crippen LogP contribution in [-0.2, 0) is 16.4 Å². The molecule has 1 fully saturated rings.